The topological polar surface area (TPSA) is 44.1 Å². The third-order valence-corrected chi connectivity index (χ3v) is 14.1. The smallest absolute Gasteiger partial charge is 0.148 e. The molecule has 4 aromatic heterocycles. The van der Waals surface area contributed by atoms with E-state index in [4.69, 9.17) is 4.99 Å². The third-order valence-electron chi connectivity index (χ3n) is 14.1. The molecule has 0 spiro atoms. The molecular formula is C59H44N6. The van der Waals surface area contributed by atoms with Gasteiger partial charge in [-0.1, -0.05) is 134 Å². The molecule has 310 valence electrons. The molecule has 0 saturated carbocycles. The first-order chi connectivity index (χ1) is 32.3. The summed E-state index contributed by atoms with van der Waals surface area (Å²) in [6, 6.07) is 46.9. The van der Waals surface area contributed by atoms with Crippen molar-refractivity contribution in [2.75, 3.05) is 0 Å². The van der Waals surface area contributed by atoms with Gasteiger partial charge in [0.2, 0.25) is 0 Å². The molecule has 6 nitrogen and oxygen atoms in total. The van der Waals surface area contributed by atoms with Crippen LogP contribution in [0.5, 0.6) is 0 Å². The Labute approximate surface area is 375 Å². The first-order valence-corrected chi connectivity index (χ1v) is 23.0. The molecule has 6 heteroatoms. The first-order valence-electron chi connectivity index (χ1n) is 23.0. The Morgan fingerprint density at radius 2 is 1.26 bits per heavy atom. The highest BCUT2D eigenvalue weighted by Gasteiger charge is 2.28. The second-order valence-corrected chi connectivity index (χ2v) is 17.7. The lowest BCUT2D eigenvalue weighted by molar-refractivity contribution is 0.642. The summed E-state index contributed by atoms with van der Waals surface area (Å²) in [5.74, 6) is 1.87. The van der Waals surface area contributed by atoms with Gasteiger partial charge in [-0.05, 0) is 97.9 Å². The molecule has 1 aliphatic heterocycles. The lowest BCUT2D eigenvalue weighted by Crippen LogP contribution is -2.29. The molecule has 1 atom stereocenters. The second kappa shape index (κ2) is 14.2. The number of allylic oxidation sites excluding steroid dienone is 12. The van der Waals surface area contributed by atoms with Gasteiger partial charge in [-0.3, -0.25) is 9.13 Å². The van der Waals surface area contributed by atoms with Gasteiger partial charge in [0.05, 0.1) is 44.3 Å². The maximum absolute atomic E-state index is 5.64. The number of para-hydroxylation sites is 3. The van der Waals surface area contributed by atoms with Gasteiger partial charge < -0.3 is 14.5 Å². The van der Waals surface area contributed by atoms with Gasteiger partial charge in [-0.25, -0.2) is 4.99 Å². The molecule has 0 radical (unpaired) electrons. The fourth-order valence-corrected chi connectivity index (χ4v) is 11.3. The summed E-state index contributed by atoms with van der Waals surface area (Å²) in [5.41, 5.74) is 14.6. The Morgan fingerprint density at radius 1 is 0.523 bits per heavy atom. The normalized spacial score (nSPS) is 17.3. The SMILES string of the molecule is C1=CCCC(n2c3ccccc3c3ccc4c(c5ccccc5n4C4=NC(c5ccccc5)NC(n5c6ccccc6c6cc7c(cc65)c5c(n7C6=CCCC=C6)C=CC=CC5)=C4)c32)=C1. The number of hydrogen-bond donors (Lipinski definition) is 1. The van der Waals surface area contributed by atoms with Gasteiger partial charge in [0, 0.05) is 55.2 Å². The zero-order chi connectivity index (χ0) is 42.6. The molecule has 14 rings (SSSR count). The second-order valence-electron chi connectivity index (χ2n) is 17.7. The molecule has 0 saturated heterocycles. The van der Waals surface area contributed by atoms with Gasteiger partial charge in [0.1, 0.15) is 17.8 Å². The van der Waals surface area contributed by atoms with Crippen molar-refractivity contribution in [3.05, 3.63) is 205 Å². The maximum atomic E-state index is 5.64. The van der Waals surface area contributed by atoms with Crippen molar-refractivity contribution < 1.29 is 0 Å². The summed E-state index contributed by atoms with van der Waals surface area (Å²) in [4.78, 5) is 5.64. The summed E-state index contributed by atoms with van der Waals surface area (Å²) in [6.45, 7) is 0. The maximum Gasteiger partial charge on any atom is 0.148 e. The third kappa shape index (κ3) is 5.37. The summed E-state index contributed by atoms with van der Waals surface area (Å²) >= 11 is 0. The van der Waals surface area contributed by atoms with Crippen LogP contribution in [0.1, 0.15) is 48.7 Å². The molecule has 6 aromatic carbocycles. The van der Waals surface area contributed by atoms with Crippen molar-refractivity contribution in [3.8, 4) is 0 Å². The number of aromatic nitrogens is 4. The molecule has 5 heterocycles. The first kappa shape index (κ1) is 36.4. The molecule has 10 aromatic rings. The molecular weight excluding hydrogens is 793 g/mol. The van der Waals surface area contributed by atoms with Crippen molar-refractivity contribution in [1.29, 1.82) is 0 Å². The van der Waals surface area contributed by atoms with Gasteiger partial charge >= 0.3 is 0 Å². The lowest BCUT2D eigenvalue weighted by Gasteiger charge is -2.26. The zero-order valence-electron chi connectivity index (χ0n) is 35.8. The quantitative estimate of drug-likeness (QED) is 0.189. The number of aliphatic imine (C=N–C) groups is 1. The molecule has 3 aliphatic carbocycles. The predicted octanol–water partition coefficient (Wildman–Crippen LogP) is 14.5. The van der Waals surface area contributed by atoms with E-state index in [2.05, 4.69) is 218 Å². The zero-order valence-corrected chi connectivity index (χ0v) is 35.8. The monoisotopic (exact) mass is 836 g/mol. The number of benzene rings is 6. The van der Waals surface area contributed by atoms with Crippen LogP contribution in [-0.2, 0) is 6.42 Å². The van der Waals surface area contributed by atoms with E-state index in [1.54, 1.807) is 0 Å². The van der Waals surface area contributed by atoms with Crippen LogP contribution >= 0.6 is 0 Å². The number of fused-ring (bicyclic) bond motifs is 13. The van der Waals surface area contributed by atoms with Crippen LogP contribution < -0.4 is 5.32 Å². The van der Waals surface area contributed by atoms with Crippen LogP contribution in [0.2, 0.25) is 0 Å². The van der Waals surface area contributed by atoms with E-state index >= 15 is 0 Å². The van der Waals surface area contributed by atoms with E-state index in [0.717, 1.165) is 65.9 Å². The van der Waals surface area contributed by atoms with E-state index in [0.29, 0.717) is 0 Å². The lowest BCUT2D eigenvalue weighted by atomic mass is 10.1. The molecule has 0 bridgehead atoms. The van der Waals surface area contributed by atoms with Crippen LogP contribution in [0.3, 0.4) is 0 Å². The Morgan fingerprint density at radius 3 is 2.06 bits per heavy atom. The Balaban J connectivity index is 1.06. The van der Waals surface area contributed by atoms with Gasteiger partial charge in [-0.15, -0.1) is 0 Å². The van der Waals surface area contributed by atoms with Crippen molar-refractivity contribution in [1.82, 2.24) is 23.6 Å². The summed E-state index contributed by atoms with van der Waals surface area (Å²) in [5, 5.41) is 12.7. The van der Waals surface area contributed by atoms with Gasteiger partial charge in [0.25, 0.3) is 0 Å². The highest BCUT2D eigenvalue weighted by molar-refractivity contribution is 6.29. The molecule has 65 heavy (non-hydrogen) atoms. The minimum Gasteiger partial charge on any atom is -0.346 e. The van der Waals surface area contributed by atoms with Gasteiger partial charge in [0.15, 0.2) is 0 Å². The Kier molecular flexibility index (Phi) is 7.96. The van der Waals surface area contributed by atoms with Crippen LogP contribution in [-0.4, -0.2) is 24.1 Å². The van der Waals surface area contributed by atoms with Crippen LogP contribution in [0.25, 0.3) is 99.6 Å². The van der Waals surface area contributed by atoms with Crippen molar-refractivity contribution in [2.24, 2.45) is 4.99 Å². The standard InChI is InChI=1S/C59H44N6/c1-5-19-38(20-6-1)59-60-55(64-51-32-18-15-28-45(51)57-52(64)34-33-44-41-26-13-16-30-49(41)63(58(44)57)40-23-9-3-10-24-40)37-56(61-59)65-50-31-17-14-27-43(50)47-35-53-46(36-54(47)65)42-25-11-4-12-29-48(42)62(53)39-21-7-2-8-22-39/h1,3-7,9,11-23,26-37,59,61H,2,8,10,24-25H2. The predicted molar refractivity (Wildman–Crippen MR) is 274 cm³/mol. The average molecular weight is 837 g/mol. The van der Waals surface area contributed by atoms with E-state index in [1.165, 1.54) is 82.4 Å². The highest BCUT2D eigenvalue weighted by Crippen LogP contribution is 2.44. The molecule has 4 aliphatic rings. The van der Waals surface area contributed by atoms with E-state index < -0.39 is 0 Å². The van der Waals surface area contributed by atoms with Crippen molar-refractivity contribution in [3.63, 3.8) is 0 Å². The summed E-state index contributed by atoms with van der Waals surface area (Å²) < 4.78 is 9.89. The van der Waals surface area contributed by atoms with E-state index in [1.807, 2.05) is 0 Å². The number of nitrogens with one attached hydrogen (secondary N) is 1. The summed E-state index contributed by atoms with van der Waals surface area (Å²) in [6.07, 6.45) is 29.7. The Bertz CT molecular complexity index is 3940. The molecule has 1 N–H and O–H groups in total. The molecule has 0 fully saturated rings. The minimum atomic E-state index is -0.339. The fraction of sp³-hybridized carbons (Fsp3) is 0.102. The Hall–Kier alpha value is -8.09. The van der Waals surface area contributed by atoms with E-state index in [9.17, 15) is 0 Å². The van der Waals surface area contributed by atoms with Crippen LogP contribution in [0, 0.1) is 0 Å². The van der Waals surface area contributed by atoms with Gasteiger partial charge in [-0.2, -0.15) is 0 Å². The van der Waals surface area contributed by atoms with Crippen molar-refractivity contribution in [2.45, 2.75) is 38.3 Å². The number of hydrogen-bond acceptors (Lipinski definition) is 2. The average Bonchev–Trinajstić information content (AvgIpc) is 4.02. The summed E-state index contributed by atoms with van der Waals surface area (Å²) in [7, 11) is 0. The van der Waals surface area contributed by atoms with Crippen LogP contribution in [0.4, 0.5) is 0 Å². The van der Waals surface area contributed by atoms with E-state index in [-0.39, 0.29) is 6.17 Å². The number of rotatable bonds is 4. The number of nitrogens with zero attached hydrogens (tertiary/aromatic N) is 5. The van der Waals surface area contributed by atoms with Crippen LogP contribution in [0.15, 0.2) is 193 Å². The minimum absolute atomic E-state index is 0.339. The largest absolute Gasteiger partial charge is 0.346 e. The molecule has 1 unspecified atom stereocenters. The fourth-order valence-electron chi connectivity index (χ4n) is 11.3. The molecule has 0 amide bonds. The van der Waals surface area contributed by atoms with Crippen molar-refractivity contribution >= 4 is 105 Å². The highest BCUT2D eigenvalue weighted by atomic mass is 15.3.